The number of hydrogen-bond acceptors (Lipinski definition) is 1. The third kappa shape index (κ3) is 18.0. The molecule has 0 rings (SSSR count). The zero-order valence-corrected chi connectivity index (χ0v) is 16.4. The van der Waals surface area contributed by atoms with Crippen molar-refractivity contribution in [2.45, 2.75) is 101 Å². The molecule has 0 unspecified atom stereocenters. The average molecular weight is 288 g/mol. The highest BCUT2D eigenvalue weighted by Crippen LogP contribution is 2.39. The molecule has 0 aromatic heterocycles. The van der Waals surface area contributed by atoms with E-state index in [-0.39, 0.29) is 0 Å². The van der Waals surface area contributed by atoms with Crippen molar-refractivity contribution in [2.24, 2.45) is 10.8 Å². The van der Waals surface area contributed by atoms with Crippen LogP contribution in [-0.4, -0.2) is 13.1 Å². The summed E-state index contributed by atoms with van der Waals surface area (Å²) < 4.78 is 0. The second kappa shape index (κ2) is 15.4. The van der Waals surface area contributed by atoms with E-state index in [0.717, 1.165) is 13.1 Å². The molecule has 0 aliphatic rings. The lowest BCUT2D eigenvalue weighted by Crippen LogP contribution is -2.27. The van der Waals surface area contributed by atoms with E-state index in [1.165, 1.54) is 32.1 Å². The van der Waals surface area contributed by atoms with Gasteiger partial charge in [0.05, 0.1) is 0 Å². The molecule has 0 atom stereocenters. The average Bonchev–Trinajstić information content (AvgIpc) is 2.40. The predicted molar refractivity (Wildman–Crippen MR) is 97.6 cm³/mol. The van der Waals surface area contributed by atoms with Crippen molar-refractivity contribution < 1.29 is 0 Å². The first-order valence-corrected chi connectivity index (χ1v) is 9.04. The van der Waals surface area contributed by atoms with E-state index in [2.05, 4.69) is 46.9 Å². The van der Waals surface area contributed by atoms with Crippen LogP contribution in [0, 0.1) is 10.8 Å². The van der Waals surface area contributed by atoms with E-state index >= 15 is 0 Å². The van der Waals surface area contributed by atoms with Crippen molar-refractivity contribution >= 4 is 0 Å². The second-order valence-electron chi connectivity index (χ2n) is 6.71. The highest BCUT2D eigenvalue weighted by atomic mass is 14.8. The molecule has 0 fully saturated rings. The topological polar surface area (TPSA) is 12.0 Å². The van der Waals surface area contributed by atoms with E-state index < -0.39 is 0 Å². The Balaban J connectivity index is -0.000000656. The minimum atomic E-state index is 0.472. The molecule has 0 aromatic rings. The van der Waals surface area contributed by atoms with Crippen molar-refractivity contribution in [3.63, 3.8) is 0 Å². The first kappa shape index (κ1) is 24.9. The van der Waals surface area contributed by atoms with E-state index in [0.29, 0.717) is 10.8 Å². The summed E-state index contributed by atoms with van der Waals surface area (Å²) in [5.74, 6) is 0. The summed E-state index contributed by atoms with van der Waals surface area (Å²) in [7, 11) is 0. The fourth-order valence-electron chi connectivity index (χ4n) is 2.73. The van der Waals surface area contributed by atoms with Crippen LogP contribution in [0.15, 0.2) is 0 Å². The molecule has 20 heavy (non-hydrogen) atoms. The molecule has 0 radical (unpaired) electrons. The third-order valence-corrected chi connectivity index (χ3v) is 3.39. The first-order valence-electron chi connectivity index (χ1n) is 9.04. The highest BCUT2D eigenvalue weighted by molar-refractivity contribution is 4.79. The van der Waals surface area contributed by atoms with Crippen LogP contribution in [0.25, 0.3) is 0 Å². The Bertz CT molecular complexity index is 171. The lowest BCUT2D eigenvalue weighted by atomic mass is 9.71. The number of rotatable bonds is 9. The van der Waals surface area contributed by atoms with Crippen molar-refractivity contribution in [1.29, 1.82) is 0 Å². The summed E-state index contributed by atoms with van der Waals surface area (Å²) in [6.07, 6.45) is 6.69. The number of nitrogens with one attached hydrogen (secondary N) is 1. The Hall–Kier alpha value is -0.0400. The van der Waals surface area contributed by atoms with Gasteiger partial charge in [-0.15, -0.1) is 0 Å². The largest absolute Gasteiger partial charge is 0.317 e. The molecule has 0 aliphatic heterocycles. The maximum Gasteiger partial charge on any atom is -0.00439 e. The smallest absolute Gasteiger partial charge is 0.00439 e. The van der Waals surface area contributed by atoms with Crippen molar-refractivity contribution in [3.05, 3.63) is 0 Å². The number of unbranched alkanes of at least 4 members (excludes halogenated alkanes) is 1. The Morgan fingerprint density at radius 1 is 0.750 bits per heavy atom. The second-order valence-corrected chi connectivity index (χ2v) is 6.71. The summed E-state index contributed by atoms with van der Waals surface area (Å²) in [6.45, 7) is 24.4. The SMILES string of the molecule is CC.CC.CCCCC(C)(C)CC(C)(C)CCNCC. The van der Waals surface area contributed by atoms with E-state index in [9.17, 15) is 0 Å². The summed E-state index contributed by atoms with van der Waals surface area (Å²) in [6, 6.07) is 0. The molecule has 126 valence electrons. The van der Waals surface area contributed by atoms with Gasteiger partial charge in [0.25, 0.3) is 0 Å². The lowest BCUT2D eigenvalue weighted by Gasteiger charge is -2.35. The van der Waals surface area contributed by atoms with Crippen LogP contribution in [0.5, 0.6) is 0 Å². The quantitative estimate of drug-likeness (QED) is 0.467. The van der Waals surface area contributed by atoms with Crippen LogP contribution in [0.3, 0.4) is 0 Å². The molecule has 1 N–H and O–H groups in total. The van der Waals surface area contributed by atoms with Gasteiger partial charge in [0, 0.05) is 0 Å². The van der Waals surface area contributed by atoms with Gasteiger partial charge in [0.2, 0.25) is 0 Å². The van der Waals surface area contributed by atoms with Crippen LogP contribution in [0.1, 0.15) is 101 Å². The molecule has 1 nitrogen and oxygen atoms in total. The van der Waals surface area contributed by atoms with Gasteiger partial charge in [-0.2, -0.15) is 0 Å². The van der Waals surface area contributed by atoms with Gasteiger partial charge in [-0.3, -0.25) is 0 Å². The Morgan fingerprint density at radius 2 is 1.20 bits per heavy atom. The zero-order chi connectivity index (χ0) is 16.7. The zero-order valence-electron chi connectivity index (χ0n) is 16.4. The van der Waals surface area contributed by atoms with E-state index in [4.69, 9.17) is 0 Å². The molecular formula is C19H45N. The molecule has 0 saturated carbocycles. The standard InChI is InChI=1S/C15H33N.2C2H6/c1-7-9-10-14(3,4)13-15(5,6)11-12-16-8-2;2*1-2/h16H,7-13H2,1-6H3;2*1-2H3. The molecular weight excluding hydrogens is 242 g/mol. The van der Waals surface area contributed by atoms with Crippen LogP contribution < -0.4 is 5.32 Å². The van der Waals surface area contributed by atoms with Crippen LogP contribution in [-0.2, 0) is 0 Å². The molecule has 0 aromatic carbocycles. The van der Waals surface area contributed by atoms with Gasteiger partial charge in [-0.1, -0.05) is 82.1 Å². The normalized spacial score (nSPS) is 11.1. The third-order valence-electron chi connectivity index (χ3n) is 3.39. The Labute approximate surface area is 131 Å². The molecule has 0 spiro atoms. The van der Waals surface area contributed by atoms with Gasteiger partial charge >= 0.3 is 0 Å². The van der Waals surface area contributed by atoms with E-state index in [1.54, 1.807) is 0 Å². The van der Waals surface area contributed by atoms with Crippen LogP contribution in [0.2, 0.25) is 0 Å². The first-order chi connectivity index (χ1) is 9.33. The molecule has 1 heteroatoms. The molecule has 0 saturated heterocycles. The minimum absolute atomic E-state index is 0.472. The van der Waals surface area contributed by atoms with Gasteiger partial charge in [0.1, 0.15) is 0 Å². The maximum absolute atomic E-state index is 3.43. The fourth-order valence-corrected chi connectivity index (χ4v) is 2.73. The highest BCUT2D eigenvalue weighted by Gasteiger charge is 2.27. The summed E-state index contributed by atoms with van der Waals surface area (Å²) in [4.78, 5) is 0. The molecule has 0 aliphatic carbocycles. The molecule has 0 heterocycles. The van der Waals surface area contributed by atoms with Crippen molar-refractivity contribution in [2.75, 3.05) is 13.1 Å². The van der Waals surface area contributed by atoms with Crippen molar-refractivity contribution in [3.8, 4) is 0 Å². The maximum atomic E-state index is 3.43. The molecule has 0 amide bonds. The number of hydrogen-bond donors (Lipinski definition) is 1. The van der Waals surface area contributed by atoms with Gasteiger partial charge < -0.3 is 5.32 Å². The summed E-state index contributed by atoms with van der Waals surface area (Å²) in [5.41, 5.74) is 0.977. The molecule has 0 bridgehead atoms. The van der Waals surface area contributed by atoms with E-state index in [1.807, 2.05) is 27.7 Å². The van der Waals surface area contributed by atoms with Crippen molar-refractivity contribution in [1.82, 2.24) is 5.32 Å². The lowest BCUT2D eigenvalue weighted by molar-refractivity contribution is 0.168. The summed E-state index contributed by atoms with van der Waals surface area (Å²) >= 11 is 0. The Kier molecular flexibility index (Phi) is 19.1. The predicted octanol–water partition coefficient (Wildman–Crippen LogP) is 6.67. The van der Waals surface area contributed by atoms with Crippen LogP contribution in [0.4, 0.5) is 0 Å². The van der Waals surface area contributed by atoms with Gasteiger partial charge in [-0.05, 0) is 43.2 Å². The van der Waals surface area contributed by atoms with Gasteiger partial charge in [0.15, 0.2) is 0 Å². The summed E-state index contributed by atoms with van der Waals surface area (Å²) in [5, 5.41) is 3.43. The monoisotopic (exact) mass is 287 g/mol. The minimum Gasteiger partial charge on any atom is -0.317 e. The Morgan fingerprint density at radius 3 is 1.60 bits per heavy atom. The fraction of sp³-hybridized carbons (Fsp3) is 1.00. The van der Waals surface area contributed by atoms with Gasteiger partial charge in [-0.25, -0.2) is 0 Å². The van der Waals surface area contributed by atoms with Crippen LogP contribution >= 0.6 is 0 Å².